The molecule has 1 aromatic heterocycles. The Morgan fingerprint density at radius 1 is 0.976 bits per heavy atom. The van der Waals surface area contributed by atoms with Crippen molar-refractivity contribution in [2.45, 2.75) is 75.7 Å². The highest BCUT2D eigenvalue weighted by atomic mass is 19.4. The molecule has 3 fully saturated rings. The molecule has 2 heterocycles. The smallest absolute Gasteiger partial charge is 0.423 e. The lowest BCUT2D eigenvalue weighted by atomic mass is 9.92. The van der Waals surface area contributed by atoms with Gasteiger partial charge in [-0.2, -0.15) is 18.2 Å². The van der Waals surface area contributed by atoms with Crippen LogP contribution in [-0.4, -0.2) is 65.2 Å². The molecule has 3 aliphatic rings. The first-order valence-electron chi connectivity index (χ1n) is 14.2. The van der Waals surface area contributed by atoms with Gasteiger partial charge in [-0.1, -0.05) is 18.9 Å². The summed E-state index contributed by atoms with van der Waals surface area (Å²) in [6.45, 7) is 2.62. The van der Waals surface area contributed by atoms with Crippen LogP contribution >= 0.6 is 0 Å². The van der Waals surface area contributed by atoms with Gasteiger partial charge in [-0.05, 0) is 56.7 Å². The van der Waals surface area contributed by atoms with Crippen LogP contribution in [0.1, 0.15) is 56.9 Å². The van der Waals surface area contributed by atoms with Gasteiger partial charge in [0.2, 0.25) is 5.88 Å². The highest BCUT2D eigenvalue weighted by Crippen LogP contribution is 2.38. The minimum atomic E-state index is -4.82. The Bertz CT molecular complexity index is 1220. The molecule has 1 aromatic carbocycles. The van der Waals surface area contributed by atoms with Crippen LogP contribution in [-0.2, 0) is 6.18 Å². The number of hydrogen-bond acceptors (Lipinski definition) is 7. The summed E-state index contributed by atoms with van der Waals surface area (Å²) >= 11 is 0. The lowest BCUT2D eigenvalue weighted by molar-refractivity contribution is -0.388. The molecular formula is C28H35F3N6O4. The van der Waals surface area contributed by atoms with E-state index in [-0.39, 0.29) is 23.9 Å². The van der Waals surface area contributed by atoms with Crippen molar-refractivity contribution in [3.8, 4) is 5.88 Å². The van der Waals surface area contributed by atoms with Crippen molar-refractivity contribution in [3.63, 3.8) is 0 Å². The number of carbonyl (C=O) groups excluding carboxylic acids is 1. The van der Waals surface area contributed by atoms with E-state index in [2.05, 4.69) is 15.5 Å². The molecule has 10 nitrogen and oxygen atoms in total. The zero-order valence-electron chi connectivity index (χ0n) is 22.7. The van der Waals surface area contributed by atoms with Crippen LogP contribution < -0.4 is 20.3 Å². The molecule has 0 unspecified atom stereocenters. The number of benzene rings is 1. The monoisotopic (exact) mass is 576 g/mol. The Morgan fingerprint density at radius 2 is 1.68 bits per heavy atom. The number of urea groups is 1. The fourth-order valence-electron chi connectivity index (χ4n) is 5.86. The Morgan fingerprint density at radius 3 is 2.34 bits per heavy atom. The summed E-state index contributed by atoms with van der Waals surface area (Å²) < 4.78 is 46.1. The van der Waals surface area contributed by atoms with Crippen molar-refractivity contribution >= 4 is 23.2 Å². The van der Waals surface area contributed by atoms with Crippen molar-refractivity contribution in [2.24, 2.45) is 0 Å². The lowest BCUT2D eigenvalue weighted by Gasteiger charge is -2.36. The van der Waals surface area contributed by atoms with Crippen molar-refractivity contribution < 1.29 is 27.6 Å². The Labute approximate surface area is 236 Å². The van der Waals surface area contributed by atoms with Crippen LogP contribution in [0.2, 0.25) is 0 Å². The van der Waals surface area contributed by atoms with Crippen LogP contribution in [0.3, 0.4) is 0 Å². The Kier molecular flexibility index (Phi) is 8.69. The maximum atomic E-state index is 13.3. The van der Waals surface area contributed by atoms with Gasteiger partial charge in [0.1, 0.15) is 17.5 Å². The minimum Gasteiger partial charge on any atom is -0.474 e. The summed E-state index contributed by atoms with van der Waals surface area (Å²) in [5.74, 6) is 1.32. The summed E-state index contributed by atoms with van der Waals surface area (Å²) in [5.41, 5.74) is -2.01. The number of nitro benzene ring substituents is 1. The number of rotatable bonds is 7. The maximum absolute atomic E-state index is 13.3. The van der Waals surface area contributed by atoms with Crippen LogP contribution in [0.4, 0.5) is 35.2 Å². The molecule has 2 aromatic rings. The summed E-state index contributed by atoms with van der Waals surface area (Å²) in [6.07, 6.45) is 2.31. The average Bonchev–Trinajstić information content (AvgIpc) is 3.47. The van der Waals surface area contributed by atoms with E-state index in [1.807, 2.05) is 23.1 Å². The number of nitrogens with zero attached hydrogens (tertiary/aromatic N) is 4. The molecule has 0 bridgehead atoms. The van der Waals surface area contributed by atoms with E-state index in [4.69, 9.17) is 9.72 Å². The van der Waals surface area contributed by atoms with Gasteiger partial charge >= 0.3 is 12.2 Å². The molecule has 0 atom stereocenters. The van der Waals surface area contributed by atoms with E-state index in [0.717, 1.165) is 30.8 Å². The van der Waals surface area contributed by atoms with Gasteiger partial charge in [0.15, 0.2) is 0 Å². The molecule has 0 radical (unpaired) electrons. The lowest BCUT2D eigenvalue weighted by Crippen LogP contribution is -2.53. The normalized spacial score (nSPS) is 21.9. The third kappa shape index (κ3) is 7.31. The van der Waals surface area contributed by atoms with Crippen molar-refractivity contribution in [3.05, 3.63) is 52.1 Å². The number of nitrogens with one attached hydrogen (secondary N) is 2. The highest BCUT2D eigenvalue weighted by Gasteiger charge is 2.38. The number of carbonyl (C=O) groups is 1. The topological polar surface area (TPSA) is 113 Å². The van der Waals surface area contributed by atoms with Crippen LogP contribution in [0.25, 0.3) is 0 Å². The Balaban J connectivity index is 1.09. The number of nitro groups is 1. The number of hydrogen-bond donors (Lipinski definition) is 2. The Hall–Kier alpha value is -3.77. The van der Waals surface area contributed by atoms with Crippen molar-refractivity contribution in [1.82, 2.24) is 15.2 Å². The predicted octanol–water partition coefficient (Wildman–Crippen LogP) is 5.58. The fourth-order valence-corrected chi connectivity index (χ4v) is 5.86. The van der Waals surface area contributed by atoms with Crippen molar-refractivity contribution in [1.29, 1.82) is 0 Å². The molecule has 5 rings (SSSR count). The third-order valence-corrected chi connectivity index (χ3v) is 8.11. The SMILES string of the molecule is O=C(NC1CCCC1)N1CCN(c2cccc(O[C@H]3CC[C@H](Nc4ccc([N+](=O)[O-])c(C(F)(F)F)c4)CC3)n2)CC1. The molecule has 2 aliphatic carbocycles. The predicted molar refractivity (Wildman–Crippen MR) is 147 cm³/mol. The van der Waals surface area contributed by atoms with Gasteiger partial charge in [-0.15, -0.1) is 0 Å². The first-order valence-corrected chi connectivity index (χ1v) is 14.2. The second kappa shape index (κ2) is 12.4. The number of aromatic nitrogens is 1. The number of alkyl halides is 3. The number of amides is 2. The number of halogens is 3. The van der Waals surface area contributed by atoms with E-state index in [9.17, 15) is 28.1 Å². The second-order valence-electron chi connectivity index (χ2n) is 11.0. The molecule has 222 valence electrons. The summed E-state index contributed by atoms with van der Waals surface area (Å²) in [7, 11) is 0. The first kappa shape index (κ1) is 28.7. The van der Waals surface area contributed by atoms with Crippen LogP contribution in [0.15, 0.2) is 36.4 Å². The van der Waals surface area contributed by atoms with Gasteiger partial charge in [0.25, 0.3) is 5.69 Å². The van der Waals surface area contributed by atoms with E-state index in [1.54, 1.807) is 0 Å². The van der Waals surface area contributed by atoms with Gasteiger partial charge in [-0.25, -0.2) is 4.79 Å². The van der Waals surface area contributed by atoms with Gasteiger partial charge in [0.05, 0.1) is 4.92 Å². The van der Waals surface area contributed by atoms with E-state index in [0.29, 0.717) is 63.8 Å². The molecule has 2 amide bonds. The zero-order valence-corrected chi connectivity index (χ0v) is 22.7. The van der Waals surface area contributed by atoms with Gasteiger partial charge in [-0.3, -0.25) is 10.1 Å². The molecule has 2 N–H and O–H groups in total. The largest absolute Gasteiger partial charge is 0.474 e. The molecule has 41 heavy (non-hydrogen) atoms. The number of pyridine rings is 1. The van der Waals surface area contributed by atoms with Gasteiger partial charge < -0.3 is 25.2 Å². The standard InChI is InChI=1S/C28H35F3N6O4/c29-28(30,31)23-18-21(10-13-24(23)37(39)40)32-20-8-11-22(12-9-20)41-26-7-3-6-25(34-26)35-14-16-36(17-15-35)27(38)33-19-4-1-2-5-19/h3,6-7,10,13,18-20,22,32H,1-2,4-5,8-9,11-12,14-17H2,(H,33,38)/t20-,22-. The molecule has 13 heteroatoms. The highest BCUT2D eigenvalue weighted by molar-refractivity contribution is 5.75. The molecule has 2 saturated carbocycles. The summed E-state index contributed by atoms with van der Waals surface area (Å²) in [4.78, 5) is 31.3. The first-order chi connectivity index (χ1) is 19.7. The van der Waals surface area contributed by atoms with Crippen LogP contribution in [0.5, 0.6) is 5.88 Å². The minimum absolute atomic E-state index is 0.0149. The second-order valence-corrected chi connectivity index (χ2v) is 11.0. The molecular weight excluding hydrogens is 541 g/mol. The summed E-state index contributed by atoms with van der Waals surface area (Å²) in [6, 6.07) is 8.90. The summed E-state index contributed by atoms with van der Waals surface area (Å²) in [5, 5.41) is 17.2. The van der Waals surface area contributed by atoms with E-state index >= 15 is 0 Å². The average molecular weight is 577 g/mol. The number of anilines is 2. The quantitative estimate of drug-likeness (QED) is 0.327. The van der Waals surface area contributed by atoms with Gasteiger partial charge in [0, 0.05) is 56.1 Å². The molecule has 0 spiro atoms. The van der Waals surface area contributed by atoms with Crippen LogP contribution in [0, 0.1) is 10.1 Å². The number of piperazine rings is 1. The molecule has 1 saturated heterocycles. The maximum Gasteiger partial charge on any atom is 0.423 e. The fraction of sp³-hybridized carbons (Fsp3) is 0.571. The van der Waals surface area contributed by atoms with E-state index < -0.39 is 22.4 Å². The van der Waals surface area contributed by atoms with Crippen molar-refractivity contribution in [2.75, 3.05) is 36.4 Å². The third-order valence-electron chi connectivity index (χ3n) is 8.11. The number of ether oxygens (including phenoxy) is 1. The van der Waals surface area contributed by atoms with E-state index in [1.165, 1.54) is 18.9 Å². The zero-order chi connectivity index (χ0) is 29.0. The molecule has 1 aliphatic heterocycles.